The molecule has 1 atom stereocenters. The van der Waals surface area contributed by atoms with Gasteiger partial charge in [0.1, 0.15) is 11.9 Å². The molecule has 0 N–H and O–H groups in total. The Bertz CT molecular complexity index is 831. The summed E-state index contributed by atoms with van der Waals surface area (Å²) in [6.07, 6.45) is 3.89. The number of hydrogen-bond acceptors (Lipinski definition) is 5. The van der Waals surface area contributed by atoms with Crippen LogP contribution in [0, 0.1) is 0 Å². The fourth-order valence-corrected chi connectivity index (χ4v) is 3.58. The Labute approximate surface area is 161 Å². The van der Waals surface area contributed by atoms with Crippen molar-refractivity contribution in [1.29, 1.82) is 0 Å². The topological polar surface area (TPSA) is 46.2 Å². The fourth-order valence-electron chi connectivity index (χ4n) is 2.99. The summed E-state index contributed by atoms with van der Waals surface area (Å²) in [6, 6.07) is 7.90. The van der Waals surface area contributed by atoms with Gasteiger partial charge in [-0.25, -0.2) is 0 Å². The predicted octanol–water partition coefficient (Wildman–Crippen LogP) is 4.77. The number of fused-ring (bicyclic) bond motifs is 1. The maximum absolute atomic E-state index is 5.90. The van der Waals surface area contributed by atoms with E-state index in [2.05, 4.69) is 15.9 Å². The van der Waals surface area contributed by atoms with E-state index in [4.69, 9.17) is 23.7 Å². The molecule has 2 aromatic rings. The second-order valence-electron chi connectivity index (χ2n) is 5.70. The first-order valence-electron chi connectivity index (χ1n) is 8.08. The van der Waals surface area contributed by atoms with Crippen molar-refractivity contribution in [3.05, 3.63) is 51.5 Å². The van der Waals surface area contributed by atoms with Crippen LogP contribution in [0.5, 0.6) is 23.0 Å². The van der Waals surface area contributed by atoms with Crippen LogP contribution in [0.4, 0.5) is 0 Å². The van der Waals surface area contributed by atoms with Crippen LogP contribution in [0.15, 0.2) is 34.8 Å². The zero-order valence-electron chi connectivity index (χ0n) is 15.2. The van der Waals surface area contributed by atoms with Gasteiger partial charge in [-0.15, -0.1) is 0 Å². The standard InChI is InChI=1S/C20H21BrO5/c1-22-14-6-7-15-13(9-14)11-26-16(15)8-5-12-10-17(23-2)19(24-3)20(25-4)18(12)21/h5-10,16H,11H2,1-4H3/b8-5+. The third-order valence-electron chi connectivity index (χ3n) is 4.32. The number of ether oxygens (including phenoxy) is 5. The van der Waals surface area contributed by atoms with E-state index < -0.39 is 0 Å². The van der Waals surface area contributed by atoms with E-state index in [-0.39, 0.29) is 6.10 Å². The number of benzene rings is 2. The minimum absolute atomic E-state index is 0.109. The molecule has 0 aromatic heterocycles. The molecule has 3 rings (SSSR count). The first-order valence-corrected chi connectivity index (χ1v) is 8.87. The number of hydrogen-bond donors (Lipinski definition) is 0. The van der Waals surface area contributed by atoms with Crippen molar-refractivity contribution in [3.63, 3.8) is 0 Å². The number of rotatable bonds is 6. The maximum Gasteiger partial charge on any atom is 0.204 e. The monoisotopic (exact) mass is 420 g/mol. The SMILES string of the molecule is COc1ccc2c(c1)COC2/C=C/c1cc(OC)c(OC)c(OC)c1Br. The summed E-state index contributed by atoms with van der Waals surface area (Å²) >= 11 is 3.59. The normalized spacial score (nSPS) is 15.8. The van der Waals surface area contributed by atoms with Crippen molar-refractivity contribution in [2.24, 2.45) is 0 Å². The van der Waals surface area contributed by atoms with Gasteiger partial charge in [-0.05, 0) is 50.8 Å². The number of halogens is 1. The van der Waals surface area contributed by atoms with Gasteiger partial charge in [0.15, 0.2) is 11.5 Å². The molecule has 0 radical (unpaired) electrons. The molecule has 6 heteroatoms. The Kier molecular flexibility index (Phi) is 5.74. The molecule has 0 saturated heterocycles. The molecular formula is C20H21BrO5. The van der Waals surface area contributed by atoms with Crippen molar-refractivity contribution < 1.29 is 23.7 Å². The molecule has 0 spiro atoms. The molecule has 1 aliphatic rings. The van der Waals surface area contributed by atoms with Gasteiger partial charge in [-0.3, -0.25) is 0 Å². The molecule has 2 aromatic carbocycles. The Morgan fingerprint density at radius 2 is 1.77 bits per heavy atom. The maximum atomic E-state index is 5.90. The van der Waals surface area contributed by atoms with E-state index >= 15 is 0 Å². The molecule has 1 heterocycles. The van der Waals surface area contributed by atoms with Crippen LogP contribution in [0.2, 0.25) is 0 Å². The van der Waals surface area contributed by atoms with Gasteiger partial charge in [-0.1, -0.05) is 18.2 Å². The highest BCUT2D eigenvalue weighted by molar-refractivity contribution is 9.10. The van der Waals surface area contributed by atoms with E-state index in [0.29, 0.717) is 23.9 Å². The fraction of sp³-hybridized carbons (Fsp3) is 0.300. The van der Waals surface area contributed by atoms with Crippen LogP contribution in [0.3, 0.4) is 0 Å². The highest BCUT2D eigenvalue weighted by Gasteiger charge is 2.22. The van der Waals surface area contributed by atoms with Crippen molar-refractivity contribution in [1.82, 2.24) is 0 Å². The van der Waals surface area contributed by atoms with E-state index in [1.54, 1.807) is 28.4 Å². The average Bonchev–Trinajstić information content (AvgIpc) is 3.08. The van der Waals surface area contributed by atoms with Gasteiger partial charge in [0.25, 0.3) is 0 Å². The van der Waals surface area contributed by atoms with Gasteiger partial charge >= 0.3 is 0 Å². The zero-order chi connectivity index (χ0) is 18.7. The quantitative estimate of drug-likeness (QED) is 0.673. The third-order valence-corrected chi connectivity index (χ3v) is 5.14. The Balaban J connectivity index is 1.93. The van der Waals surface area contributed by atoms with E-state index in [1.165, 1.54) is 0 Å². The Morgan fingerprint density at radius 1 is 1.00 bits per heavy atom. The second-order valence-corrected chi connectivity index (χ2v) is 6.50. The van der Waals surface area contributed by atoms with E-state index in [0.717, 1.165) is 26.9 Å². The molecule has 1 unspecified atom stereocenters. The van der Waals surface area contributed by atoms with Crippen LogP contribution >= 0.6 is 15.9 Å². The lowest BCUT2D eigenvalue weighted by Crippen LogP contribution is -1.97. The molecule has 1 aliphatic heterocycles. The van der Waals surface area contributed by atoms with Gasteiger partial charge < -0.3 is 23.7 Å². The van der Waals surface area contributed by atoms with Gasteiger partial charge in [0, 0.05) is 0 Å². The molecule has 138 valence electrons. The number of methoxy groups -OCH3 is 4. The van der Waals surface area contributed by atoms with Gasteiger partial charge in [0.2, 0.25) is 5.75 Å². The Morgan fingerprint density at radius 3 is 2.42 bits per heavy atom. The molecule has 26 heavy (non-hydrogen) atoms. The van der Waals surface area contributed by atoms with Crippen LogP contribution in [0.25, 0.3) is 6.08 Å². The first-order chi connectivity index (χ1) is 12.6. The minimum Gasteiger partial charge on any atom is -0.497 e. The van der Waals surface area contributed by atoms with Crippen LogP contribution in [-0.4, -0.2) is 28.4 Å². The summed E-state index contributed by atoms with van der Waals surface area (Å²) in [5.74, 6) is 2.58. The summed E-state index contributed by atoms with van der Waals surface area (Å²) in [6.45, 7) is 0.567. The zero-order valence-corrected chi connectivity index (χ0v) is 16.8. The van der Waals surface area contributed by atoms with Gasteiger partial charge in [0.05, 0.1) is 39.5 Å². The van der Waals surface area contributed by atoms with Crippen LogP contribution in [0.1, 0.15) is 22.8 Å². The summed E-state index contributed by atoms with van der Waals surface area (Å²) in [5, 5.41) is 0. The second kappa shape index (κ2) is 8.01. The molecule has 0 fully saturated rings. The largest absolute Gasteiger partial charge is 0.497 e. The van der Waals surface area contributed by atoms with Gasteiger partial charge in [-0.2, -0.15) is 0 Å². The predicted molar refractivity (Wildman–Crippen MR) is 103 cm³/mol. The van der Waals surface area contributed by atoms with Crippen LogP contribution in [-0.2, 0) is 11.3 Å². The highest BCUT2D eigenvalue weighted by Crippen LogP contribution is 2.45. The summed E-state index contributed by atoms with van der Waals surface area (Å²) in [4.78, 5) is 0. The third kappa shape index (κ3) is 3.39. The summed E-state index contributed by atoms with van der Waals surface area (Å²) < 4.78 is 28.3. The summed E-state index contributed by atoms with van der Waals surface area (Å²) in [7, 11) is 6.44. The minimum atomic E-state index is -0.109. The molecule has 5 nitrogen and oxygen atoms in total. The lowest BCUT2D eigenvalue weighted by atomic mass is 10.0. The average molecular weight is 421 g/mol. The Hall–Kier alpha value is -2.18. The van der Waals surface area contributed by atoms with Crippen molar-refractivity contribution in [2.75, 3.05) is 28.4 Å². The van der Waals surface area contributed by atoms with Crippen LogP contribution < -0.4 is 18.9 Å². The van der Waals surface area contributed by atoms with E-state index in [9.17, 15) is 0 Å². The lowest BCUT2D eigenvalue weighted by molar-refractivity contribution is 0.0996. The van der Waals surface area contributed by atoms with Crippen molar-refractivity contribution in [2.45, 2.75) is 12.7 Å². The van der Waals surface area contributed by atoms with E-state index in [1.807, 2.05) is 36.4 Å². The highest BCUT2D eigenvalue weighted by atomic mass is 79.9. The smallest absolute Gasteiger partial charge is 0.204 e. The molecule has 0 bridgehead atoms. The molecule has 0 amide bonds. The summed E-state index contributed by atoms with van der Waals surface area (Å²) in [5.41, 5.74) is 3.19. The van der Waals surface area contributed by atoms with Crippen molar-refractivity contribution in [3.8, 4) is 23.0 Å². The molecular weight excluding hydrogens is 400 g/mol. The first kappa shape index (κ1) is 18.6. The molecule has 0 saturated carbocycles. The van der Waals surface area contributed by atoms with Crippen molar-refractivity contribution >= 4 is 22.0 Å². The molecule has 0 aliphatic carbocycles. The lowest BCUT2D eigenvalue weighted by Gasteiger charge is -2.15.